The first-order valence-corrected chi connectivity index (χ1v) is 6.79. The highest BCUT2D eigenvalue weighted by atomic mass is 16.5. The minimum atomic E-state index is -0.834. The van der Waals surface area contributed by atoms with E-state index >= 15 is 0 Å². The first-order chi connectivity index (χ1) is 9.59. The van der Waals surface area contributed by atoms with E-state index in [0.717, 1.165) is 6.42 Å². The SMILES string of the molecule is C[C@@H]1[C@H](C(=O)O)CCCN1C(=O)COc1ccccc1. The zero-order chi connectivity index (χ0) is 14.5. The first-order valence-electron chi connectivity index (χ1n) is 6.79. The number of amides is 1. The fraction of sp³-hybridized carbons (Fsp3) is 0.467. The van der Waals surface area contributed by atoms with E-state index in [1.54, 1.807) is 24.0 Å². The number of hydrogen-bond acceptors (Lipinski definition) is 3. The minimum Gasteiger partial charge on any atom is -0.484 e. The molecule has 1 aromatic rings. The summed E-state index contributed by atoms with van der Waals surface area (Å²) >= 11 is 0. The molecule has 0 unspecified atom stereocenters. The van der Waals surface area contributed by atoms with Crippen LogP contribution in [0.3, 0.4) is 0 Å². The summed E-state index contributed by atoms with van der Waals surface area (Å²) in [6.07, 6.45) is 1.35. The van der Waals surface area contributed by atoms with Gasteiger partial charge < -0.3 is 14.7 Å². The van der Waals surface area contributed by atoms with E-state index in [4.69, 9.17) is 9.84 Å². The standard InChI is InChI=1S/C15H19NO4/c1-11-13(15(18)19)8-5-9-16(11)14(17)10-20-12-6-3-2-4-7-12/h2-4,6-7,11,13H,5,8-10H2,1H3,(H,18,19)/t11-,13-/m1/s1. The summed E-state index contributed by atoms with van der Waals surface area (Å²) in [6, 6.07) is 8.83. The summed E-state index contributed by atoms with van der Waals surface area (Å²) in [5.74, 6) is -0.837. The van der Waals surface area contributed by atoms with Gasteiger partial charge >= 0.3 is 5.97 Å². The number of ether oxygens (including phenoxy) is 1. The minimum absolute atomic E-state index is 0.0549. The molecule has 1 fully saturated rings. The molecular formula is C15H19NO4. The Balaban J connectivity index is 1.93. The maximum atomic E-state index is 12.2. The number of carbonyl (C=O) groups excluding carboxylic acids is 1. The largest absolute Gasteiger partial charge is 0.484 e. The van der Waals surface area contributed by atoms with Gasteiger partial charge in [-0.2, -0.15) is 0 Å². The molecule has 1 saturated heterocycles. The number of aliphatic carboxylic acids is 1. The Morgan fingerprint density at radius 1 is 1.35 bits per heavy atom. The zero-order valence-electron chi connectivity index (χ0n) is 11.5. The summed E-state index contributed by atoms with van der Waals surface area (Å²) in [5, 5.41) is 9.15. The molecule has 0 radical (unpaired) electrons. The number of carboxylic acids is 1. The normalized spacial score (nSPS) is 22.4. The molecule has 1 N–H and O–H groups in total. The molecule has 1 amide bonds. The Morgan fingerprint density at radius 3 is 2.70 bits per heavy atom. The highest BCUT2D eigenvalue weighted by molar-refractivity contribution is 5.80. The monoisotopic (exact) mass is 277 g/mol. The van der Waals surface area contributed by atoms with E-state index < -0.39 is 11.9 Å². The van der Waals surface area contributed by atoms with Crippen LogP contribution in [-0.2, 0) is 9.59 Å². The van der Waals surface area contributed by atoms with Gasteiger partial charge in [-0.25, -0.2) is 0 Å². The number of para-hydroxylation sites is 1. The van der Waals surface area contributed by atoms with Crippen molar-refractivity contribution in [3.8, 4) is 5.75 Å². The zero-order valence-corrected chi connectivity index (χ0v) is 11.5. The number of likely N-dealkylation sites (tertiary alicyclic amines) is 1. The van der Waals surface area contributed by atoms with Gasteiger partial charge in [0.1, 0.15) is 5.75 Å². The fourth-order valence-corrected chi connectivity index (χ4v) is 2.57. The van der Waals surface area contributed by atoms with Gasteiger partial charge in [-0.3, -0.25) is 9.59 Å². The van der Waals surface area contributed by atoms with Crippen molar-refractivity contribution in [3.05, 3.63) is 30.3 Å². The summed E-state index contributed by atoms with van der Waals surface area (Å²) in [6.45, 7) is 2.33. The van der Waals surface area contributed by atoms with E-state index in [1.807, 2.05) is 18.2 Å². The second-order valence-corrected chi connectivity index (χ2v) is 5.02. The lowest BCUT2D eigenvalue weighted by Crippen LogP contribution is -2.50. The second kappa shape index (κ2) is 6.41. The van der Waals surface area contributed by atoms with E-state index in [1.165, 1.54) is 0 Å². The number of nitrogens with zero attached hydrogens (tertiary/aromatic N) is 1. The van der Waals surface area contributed by atoms with Crippen LogP contribution in [0.25, 0.3) is 0 Å². The number of benzene rings is 1. The average molecular weight is 277 g/mol. The quantitative estimate of drug-likeness (QED) is 0.911. The van der Waals surface area contributed by atoms with Gasteiger partial charge in [-0.15, -0.1) is 0 Å². The van der Waals surface area contributed by atoms with Crippen molar-refractivity contribution >= 4 is 11.9 Å². The molecule has 2 atom stereocenters. The third-order valence-corrected chi connectivity index (χ3v) is 3.73. The van der Waals surface area contributed by atoms with E-state index in [-0.39, 0.29) is 18.6 Å². The van der Waals surface area contributed by atoms with Crippen molar-refractivity contribution in [2.45, 2.75) is 25.8 Å². The molecule has 1 heterocycles. The number of carboxylic acid groups (broad SMARTS) is 1. The Kier molecular flexibility index (Phi) is 4.61. The summed E-state index contributed by atoms with van der Waals surface area (Å²) in [4.78, 5) is 24.9. The second-order valence-electron chi connectivity index (χ2n) is 5.02. The molecule has 0 aliphatic carbocycles. The molecule has 1 aromatic carbocycles. The lowest BCUT2D eigenvalue weighted by Gasteiger charge is -2.37. The number of piperidine rings is 1. The average Bonchev–Trinajstić information content (AvgIpc) is 2.46. The third-order valence-electron chi connectivity index (χ3n) is 3.73. The predicted molar refractivity (Wildman–Crippen MR) is 73.5 cm³/mol. The molecular weight excluding hydrogens is 258 g/mol. The highest BCUT2D eigenvalue weighted by Crippen LogP contribution is 2.24. The smallest absolute Gasteiger partial charge is 0.308 e. The molecule has 0 bridgehead atoms. The topological polar surface area (TPSA) is 66.8 Å². The van der Waals surface area contributed by atoms with Crippen molar-refractivity contribution in [3.63, 3.8) is 0 Å². The molecule has 5 nitrogen and oxygen atoms in total. The van der Waals surface area contributed by atoms with Crippen LogP contribution in [0.4, 0.5) is 0 Å². The van der Waals surface area contributed by atoms with Crippen molar-refractivity contribution in [1.82, 2.24) is 4.90 Å². The summed E-state index contributed by atoms with van der Waals surface area (Å²) < 4.78 is 5.43. The van der Waals surface area contributed by atoms with Crippen molar-refractivity contribution in [1.29, 1.82) is 0 Å². The number of carbonyl (C=O) groups is 2. The summed E-state index contributed by atoms with van der Waals surface area (Å²) in [5.41, 5.74) is 0. The van der Waals surface area contributed by atoms with Crippen LogP contribution in [0.2, 0.25) is 0 Å². The van der Waals surface area contributed by atoms with Gasteiger partial charge in [0, 0.05) is 12.6 Å². The fourth-order valence-electron chi connectivity index (χ4n) is 2.57. The van der Waals surface area contributed by atoms with E-state index in [0.29, 0.717) is 18.7 Å². The Hall–Kier alpha value is -2.04. The van der Waals surface area contributed by atoms with Crippen molar-refractivity contribution in [2.24, 2.45) is 5.92 Å². The van der Waals surface area contributed by atoms with Crippen LogP contribution >= 0.6 is 0 Å². The van der Waals surface area contributed by atoms with Gasteiger partial charge in [-0.05, 0) is 31.9 Å². The molecule has 20 heavy (non-hydrogen) atoms. The van der Waals surface area contributed by atoms with Crippen LogP contribution in [0.5, 0.6) is 5.75 Å². The molecule has 0 saturated carbocycles. The molecule has 1 aliphatic rings. The maximum Gasteiger partial charge on any atom is 0.308 e. The van der Waals surface area contributed by atoms with Gasteiger partial charge in [0.2, 0.25) is 0 Å². The maximum absolute atomic E-state index is 12.2. The number of rotatable bonds is 4. The van der Waals surface area contributed by atoms with Crippen molar-refractivity contribution < 1.29 is 19.4 Å². The third kappa shape index (κ3) is 3.29. The first kappa shape index (κ1) is 14.4. The molecule has 1 aliphatic heterocycles. The van der Waals surface area contributed by atoms with E-state index in [9.17, 15) is 9.59 Å². The molecule has 2 rings (SSSR count). The summed E-state index contributed by atoms with van der Waals surface area (Å²) in [7, 11) is 0. The Labute approximate surface area is 118 Å². The highest BCUT2D eigenvalue weighted by Gasteiger charge is 2.35. The van der Waals surface area contributed by atoms with Crippen LogP contribution in [0.15, 0.2) is 30.3 Å². The molecule has 108 valence electrons. The van der Waals surface area contributed by atoms with Crippen LogP contribution in [-0.4, -0.2) is 41.1 Å². The van der Waals surface area contributed by atoms with Crippen LogP contribution < -0.4 is 4.74 Å². The predicted octanol–water partition coefficient (Wildman–Crippen LogP) is 1.78. The molecule has 5 heteroatoms. The van der Waals surface area contributed by atoms with Crippen LogP contribution in [0, 0.1) is 5.92 Å². The van der Waals surface area contributed by atoms with E-state index in [2.05, 4.69) is 0 Å². The van der Waals surface area contributed by atoms with Gasteiger partial charge in [0.25, 0.3) is 5.91 Å². The van der Waals surface area contributed by atoms with Gasteiger partial charge in [0.15, 0.2) is 6.61 Å². The lowest BCUT2D eigenvalue weighted by atomic mass is 9.90. The number of hydrogen-bond donors (Lipinski definition) is 1. The molecule has 0 aromatic heterocycles. The lowest BCUT2D eigenvalue weighted by molar-refractivity contribution is -0.149. The molecule has 0 spiro atoms. The Bertz CT molecular complexity index is 474. The van der Waals surface area contributed by atoms with Crippen LogP contribution in [0.1, 0.15) is 19.8 Å². The van der Waals surface area contributed by atoms with Gasteiger partial charge in [-0.1, -0.05) is 18.2 Å². The van der Waals surface area contributed by atoms with Gasteiger partial charge in [0.05, 0.1) is 5.92 Å². The Morgan fingerprint density at radius 2 is 2.05 bits per heavy atom. The van der Waals surface area contributed by atoms with Crippen molar-refractivity contribution in [2.75, 3.05) is 13.2 Å².